The zero-order valence-electron chi connectivity index (χ0n) is 4.50. The van der Waals surface area contributed by atoms with Crippen LogP contribution in [0.4, 0.5) is 13.2 Å². The van der Waals surface area contributed by atoms with E-state index in [2.05, 4.69) is 6.26 Å². The number of halogens is 3. The molecule has 1 unspecified atom stereocenters. The van der Waals surface area contributed by atoms with Crippen molar-refractivity contribution in [2.24, 2.45) is 0 Å². The molecule has 0 saturated heterocycles. The first-order valence-electron chi connectivity index (χ1n) is 2.00. The lowest BCUT2D eigenvalue weighted by Gasteiger charge is -2.10. The molecule has 51 valence electrons. The van der Waals surface area contributed by atoms with E-state index in [4.69, 9.17) is 0 Å². The molecule has 0 aliphatic rings. The number of hydrogen-bond donors (Lipinski definition) is 1. The average molecular weight is 145 g/mol. The van der Waals surface area contributed by atoms with Crippen molar-refractivity contribution in [1.82, 2.24) is 0 Å². The first kappa shape index (κ1) is 8.14. The molecule has 0 bridgehead atoms. The van der Waals surface area contributed by atoms with Gasteiger partial charge in [-0.2, -0.15) is 13.2 Å². The second-order valence-electron chi connectivity index (χ2n) is 1.63. The molecule has 0 aliphatic carbocycles. The maximum atomic E-state index is 11.3. The van der Waals surface area contributed by atoms with E-state index in [1.807, 2.05) is 0 Å². The Morgan fingerprint density at radius 2 is 1.88 bits per heavy atom. The van der Waals surface area contributed by atoms with Gasteiger partial charge in [0, 0.05) is 0 Å². The molecule has 8 heavy (non-hydrogen) atoms. The van der Waals surface area contributed by atoms with Gasteiger partial charge in [0.1, 0.15) is 0 Å². The minimum atomic E-state index is -4.01. The maximum Gasteiger partial charge on any atom is 0.396 e. The monoisotopic (exact) mass is 145 g/mol. The van der Waals surface area contributed by atoms with Gasteiger partial charge in [0.15, 0.2) is 0 Å². The molecule has 0 aliphatic heterocycles. The van der Waals surface area contributed by atoms with Crippen molar-refractivity contribution in [2.75, 3.05) is 12.0 Å². The first-order valence-corrected chi connectivity index (χ1v) is 4.16. The summed E-state index contributed by atoms with van der Waals surface area (Å²) >= 11 is 0. The van der Waals surface area contributed by atoms with E-state index in [0.717, 1.165) is 0 Å². The third-order valence-corrected chi connectivity index (χ3v) is 1.35. The van der Waals surface area contributed by atoms with E-state index >= 15 is 0 Å². The molecule has 0 amide bonds. The molecule has 0 N–H and O–H groups in total. The van der Waals surface area contributed by atoms with Gasteiger partial charge in [-0.1, -0.05) is 0 Å². The topological polar surface area (TPSA) is 0 Å². The number of hydrogen-bond acceptors (Lipinski definition) is 0. The van der Waals surface area contributed by atoms with Crippen LogP contribution in [0, 0.1) is 6.26 Å². The lowest BCUT2D eigenvalue weighted by molar-refractivity contribution is -0.105. The Bertz CT molecular complexity index is 66.2. The van der Waals surface area contributed by atoms with Crippen molar-refractivity contribution in [2.45, 2.75) is 6.18 Å². The molecule has 1 atom stereocenters. The average Bonchev–Trinajstić information content (AvgIpc) is 1.21. The zero-order chi connectivity index (χ0) is 6.78. The van der Waals surface area contributed by atoms with E-state index in [9.17, 15) is 13.2 Å². The zero-order valence-corrected chi connectivity index (χ0v) is 5.39. The molecule has 0 aromatic carbocycles. The van der Waals surface area contributed by atoms with E-state index in [1.54, 1.807) is 0 Å². The van der Waals surface area contributed by atoms with Crippen LogP contribution in [-0.2, 0) is 0 Å². The maximum absolute atomic E-state index is 11.3. The molecule has 0 heterocycles. The fourth-order valence-electron chi connectivity index (χ4n) is 0.306. The highest BCUT2D eigenvalue weighted by molar-refractivity contribution is 8.17. The van der Waals surface area contributed by atoms with Gasteiger partial charge in [-0.3, -0.25) is 0 Å². The predicted molar refractivity (Wildman–Crippen MR) is 31.2 cm³/mol. The molecule has 0 rings (SSSR count). The summed E-state index contributed by atoms with van der Waals surface area (Å²) in [7, 11) is -1.06. The molecule has 0 saturated carbocycles. The highest BCUT2D eigenvalue weighted by Crippen LogP contribution is 2.28. The quantitative estimate of drug-likeness (QED) is 0.536. The minimum Gasteiger partial charge on any atom is -0.247 e. The van der Waals surface area contributed by atoms with Crippen molar-refractivity contribution in [3.05, 3.63) is 6.26 Å². The third kappa shape index (κ3) is 6.14. The molecule has 0 nitrogen and oxygen atoms in total. The molecular formula is C4H8F3S. The van der Waals surface area contributed by atoms with E-state index in [0.29, 0.717) is 0 Å². The Kier molecular flexibility index (Phi) is 2.66. The Morgan fingerprint density at radius 1 is 1.50 bits per heavy atom. The molecule has 0 fully saturated rings. The number of alkyl halides is 3. The molecule has 0 spiro atoms. The fourth-order valence-corrected chi connectivity index (χ4v) is 0.918. The molecule has 4 heteroatoms. The van der Waals surface area contributed by atoms with Crippen LogP contribution in [0.5, 0.6) is 0 Å². The van der Waals surface area contributed by atoms with Gasteiger partial charge in [-0.05, 0) is 12.5 Å². The standard InChI is InChI=1S/C4H8F3S/c1-8(2)3-4(5,6)7/h8H,1,3H2,2H3. The van der Waals surface area contributed by atoms with Crippen LogP contribution in [0.2, 0.25) is 0 Å². The summed E-state index contributed by atoms with van der Waals surface area (Å²) in [5, 5.41) is 0. The normalized spacial score (nSPS) is 13.9. The van der Waals surface area contributed by atoms with Gasteiger partial charge in [0.25, 0.3) is 0 Å². The van der Waals surface area contributed by atoms with Gasteiger partial charge >= 0.3 is 6.18 Å². The highest BCUT2D eigenvalue weighted by atomic mass is 32.2. The van der Waals surface area contributed by atoms with Crippen molar-refractivity contribution in [3.8, 4) is 0 Å². The SMILES string of the molecule is [CH2][SH](C)CC(F)(F)F. The largest absolute Gasteiger partial charge is 0.396 e. The van der Waals surface area contributed by atoms with Crippen LogP contribution in [-0.4, -0.2) is 18.2 Å². The van der Waals surface area contributed by atoms with Gasteiger partial charge in [-0.15, -0.1) is 0 Å². The van der Waals surface area contributed by atoms with E-state index in [1.165, 1.54) is 6.26 Å². The summed E-state index contributed by atoms with van der Waals surface area (Å²) in [5.74, 6) is -0.720. The Morgan fingerprint density at radius 3 is 1.88 bits per heavy atom. The summed E-state index contributed by atoms with van der Waals surface area (Å²) < 4.78 is 33.8. The van der Waals surface area contributed by atoms with E-state index < -0.39 is 22.8 Å². The van der Waals surface area contributed by atoms with Crippen LogP contribution in [0.25, 0.3) is 0 Å². The van der Waals surface area contributed by atoms with Gasteiger partial charge < -0.3 is 0 Å². The lowest BCUT2D eigenvalue weighted by atomic mass is 10.8. The molecule has 0 aromatic heterocycles. The minimum absolute atomic E-state index is 0.720. The van der Waals surface area contributed by atoms with Gasteiger partial charge in [0.2, 0.25) is 0 Å². The van der Waals surface area contributed by atoms with Crippen LogP contribution in [0.3, 0.4) is 0 Å². The summed E-state index contributed by atoms with van der Waals surface area (Å²) in [6, 6.07) is 0. The lowest BCUT2D eigenvalue weighted by Crippen LogP contribution is -2.12. The molecular weight excluding hydrogens is 137 g/mol. The summed E-state index contributed by atoms with van der Waals surface area (Å²) in [6.07, 6.45) is 0.760. The van der Waals surface area contributed by atoms with E-state index in [-0.39, 0.29) is 0 Å². The van der Waals surface area contributed by atoms with Crippen molar-refractivity contribution in [3.63, 3.8) is 0 Å². The van der Waals surface area contributed by atoms with Crippen molar-refractivity contribution in [1.29, 1.82) is 0 Å². The smallest absolute Gasteiger partial charge is 0.247 e. The number of rotatable bonds is 1. The van der Waals surface area contributed by atoms with Crippen molar-refractivity contribution < 1.29 is 13.2 Å². The van der Waals surface area contributed by atoms with Crippen LogP contribution < -0.4 is 0 Å². The number of thiol groups is 1. The highest BCUT2D eigenvalue weighted by Gasteiger charge is 2.27. The second kappa shape index (κ2) is 2.62. The Labute approximate surface area is 49.4 Å². The fraction of sp³-hybridized carbons (Fsp3) is 0.750. The first-order chi connectivity index (χ1) is 3.42. The second-order valence-corrected chi connectivity index (χ2v) is 3.66. The van der Waals surface area contributed by atoms with Gasteiger partial charge in [-0.25, -0.2) is 10.9 Å². The van der Waals surface area contributed by atoms with Gasteiger partial charge in [0.05, 0.1) is 5.75 Å². The molecule has 1 radical (unpaired) electrons. The Hall–Kier alpha value is 0.140. The summed E-state index contributed by atoms with van der Waals surface area (Å²) in [5.41, 5.74) is 0. The predicted octanol–water partition coefficient (Wildman–Crippen LogP) is 1.97. The van der Waals surface area contributed by atoms with Crippen molar-refractivity contribution >= 4 is 10.9 Å². The summed E-state index contributed by atoms with van der Waals surface area (Å²) in [4.78, 5) is 0. The summed E-state index contributed by atoms with van der Waals surface area (Å²) in [6.45, 7) is 0. The van der Waals surface area contributed by atoms with Crippen LogP contribution >= 0.6 is 10.9 Å². The molecule has 0 aromatic rings. The van der Waals surface area contributed by atoms with Crippen LogP contribution in [0.15, 0.2) is 0 Å². The Balaban J connectivity index is 3.39. The third-order valence-electron chi connectivity index (χ3n) is 0.449. The van der Waals surface area contributed by atoms with Crippen LogP contribution in [0.1, 0.15) is 0 Å².